The van der Waals surface area contributed by atoms with Crippen LogP contribution in [0.25, 0.3) is 0 Å². The topological polar surface area (TPSA) is 64.6 Å². The molecule has 0 spiro atoms. The fraction of sp³-hybridized carbons (Fsp3) is 0.222. The van der Waals surface area contributed by atoms with E-state index >= 15 is 0 Å². The van der Waals surface area contributed by atoms with Gasteiger partial charge in [-0.05, 0) is 40.0 Å². The third-order valence-corrected chi connectivity index (χ3v) is 4.26. The molecule has 25 heavy (non-hydrogen) atoms. The number of hydrogen-bond donors (Lipinski definition) is 1. The zero-order valence-corrected chi connectivity index (χ0v) is 16.5. The fourth-order valence-electron chi connectivity index (χ4n) is 2.03. The molecule has 5 nitrogen and oxygen atoms in total. The first-order chi connectivity index (χ1) is 12.1. The van der Waals surface area contributed by atoms with Crippen molar-refractivity contribution in [1.29, 1.82) is 0 Å². The van der Waals surface area contributed by atoms with Crippen molar-refractivity contribution in [3.8, 4) is 5.75 Å². The van der Waals surface area contributed by atoms with Crippen molar-refractivity contribution in [3.05, 3.63) is 62.5 Å². The summed E-state index contributed by atoms with van der Waals surface area (Å²) in [5.41, 5.74) is 1.39. The van der Waals surface area contributed by atoms with Crippen LogP contribution in [0.3, 0.4) is 0 Å². The molecule has 0 aromatic heterocycles. The molecular formula is C18H17Br2NO4. The van der Waals surface area contributed by atoms with E-state index in [1.165, 1.54) is 0 Å². The highest BCUT2D eigenvalue weighted by atomic mass is 79.9. The largest absolute Gasteiger partial charge is 0.492 e. The number of nitrogens with one attached hydrogen (secondary N) is 1. The van der Waals surface area contributed by atoms with Gasteiger partial charge in [-0.25, -0.2) is 4.79 Å². The first-order valence-electron chi connectivity index (χ1n) is 7.61. The Hall–Kier alpha value is -1.86. The van der Waals surface area contributed by atoms with Crippen molar-refractivity contribution < 1.29 is 19.1 Å². The summed E-state index contributed by atoms with van der Waals surface area (Å²) in [6, 6.07) is 13.0. The molecule has 0 saturated heterocycles. The van der Waals surface area contributed by atoms with Crippen LogP contribution in [0.15, 0.2) is 51.4 Å². The fourth-order valence-corrected chi connectivity index (χ4v) is 3.40. The monoisotopic (exact) mass is 469 g/mol. The van der Waals surface area contributed by atoms with Crippen LogP contribution in [0, 0.1) is 0 Å². The summed E-state index contributed by atoms with van der Waals surface area (Å²) in [5.74, 6) is 0.491. The number of rotatable bonds is 8. The molecule has 0 fully saturated rings. The Balaban J connectivity index is 1.68. The Morgan fingerprint density at radius 1 is 1.16 bits per heavy atom. The third kappa shape index (κ3) is 6.51. The summed E-state index contributed by atoms with van der Waals surface area (Å²) in [6.45, 7) is 1.01. The summed E-state index contributed by atoms with van der Waals surface area (Å²) >= 11 is 6.69. The lowest BCUT2D eigenvalue weighted by Crippen LogP contribution is -2.26. The zero-order valence-electron chi connectivity index (χ0n) is 13.3. The van der Waals surface area contributed by atoms with Crippen LogP contribution >= 0.6 is 31.9 Å². The quantitative estimate of drug-likeness (QED) is 0.447. The van der Waals surface area contributed by atoms with E-state index in [4.69, 9.17) is 9.47 Å². The van der Waals surface area contributed by atoms with Crippen molar-refractivity contribution in [2.75, 3.05) is 13.2 Å². The normalized spacial score (nSPS) is 10.2. The highest BCUT2D eigenvalue weighted by Crippen LogP contribution is 2.32. The van der Waals surface area contributed by atoms with Gasteiger partial charge in [0, 0.05) is 11.0 Å². The predicted octanol–water partition coefficient (Wildman–Crippen LogP) is 4.72. The molecule has 2 rings (SSSR count). The average Bonchev–Trinajstić information content (AvgIpc) is 2.61. The SMILES string of the molecule is O=Cc1cc(Br)cc(Br)c1OCCCNC(=O)OCc1ccccc1. The maximum absolute atomic E-state index is 11.6. The minimum Gasteiger partial charge on any atom is -0.492 e. The molecule has 0 bridgehead atoms. The molecule has 0 heterocycles. The molecule has 0 radical (unpaired) electrons. The van der Waals surface area contributed by atoms with E-state index in [-0.39, 0.29) is 6.61 Å². The summed E-state index contributed by atoms with van der Waals surface area (Å²) in [7, 11) is 0. The van der Waals surface area contributed by atoms with Crippen LogP contribution in [-0.4, -0.2) is 25.5 Å². The lowest BCUT2D eigenvalue weighted by molar-refractivity contribution is 0.111. The Labute approximate surface area is 163 Å². The smallest absolute Gasteiger partial charge is 0.407 e. The van der Waals surface area contributed by atoms with Crippen LogP contribution in [0.1, 0.15) is 22.3 Å². The van der Waals surface area contributed by atoms with E-state index in [9.17, 15) is 9.59 Å². The predicted molar refractivity (Wildman–Crippen MR) is 102 cm³/mol. The van der Waals surface area contributed by atoms with Crippen LogP contribution in [0.5, 0.6) is 5.75 Å². The van der Waals surface area contributed by atoms with Crippen LogP contribution in [0.4, 0.5) is 4.79 Å². The zero-order chi connectivity index (χ0) is 18.1. The van der Waals surface area contributed by atoms with Crippen molar-refractivity contribution >= 4 is 44.2 Å². The molecule has 1 N–H and O–H groups in total. The van der Waals surface area contributed by atoms with Gasteiger partial charge >= 0.3 is 6.09 Å². The molecule has 0 aliphatic heterocycles. The third-order valence-electron chi connectivity index (χ3n) is 3.21. The standard InChI is InChI=1S/C18H17Br2NO4/c19-15-9-14(11-22)17(16(20)10-15)24-8-4-7-21-18(23)25-12-13-5-2-1-3-6-13/h1-3,5-6,9-11H,4,7-8,12H2,(H,21,23). The van der Waals surface area contributed by atoms with Gasteiger partial charge in [-0.1, -0.05) is 46.3 Å². The number of aldehydes is 1. The summed E-state index contributed by atoms with van der Waals surface area (Å²) in [6.07, 6.45) is 0.855. The molecule has 0 saturated carbocycles. The van der Waals surface area contributed by atoms with Crippen molar-refractivity contribution in [3.63, 3.8) is 0 Å². The number of carbonyl (C=O) groups excluding carboxylic acids is 2. The second kappa shape index (κ2) is 10.2. The lowest BCUT2D eigenvalue weighted by Gasteiger charge is -2.11. The number of ether oxygens (including phenoxy) is 2. The van der Waals surface area contributed by atoms with Gasteiger partial charge in [0.1, 0.15) is 12.4 Å². The van der Waals surface area contributed by atoms with E-state index in [2.05, 4.69) is 37.2 Å². The number of halogens is 2. The van der Waals surface area contributed by atoms with Crippen molar-refractivity contribution in [1.82, 2.24) is 5.32 Å². The van der Waals surface area contributed by atoms with Gasteiger partial charge in [0.2, 0.25) is 0 Å². The molecule has 0 aliphatic rings. The summed E-state index contributed by atoms with van der Waals surface area (Å²) < 4.78 is 12.2. The van der Waals surface area contributed by atoms with E-state index in [0.29, 0.717) is 35.4 Å². The van der Waals surface area contributed by atoms with Gasteiger partial charge in [0.05, 0.1) is 16.6 Å². The number of carbonyl (C=O) groups is 2. The van der Waals surface area contributed by atoms with Gasteiger partial charge in [0.15, 0.2) is 6.29 Å². The first kappa shape index (κ1) is 19.5. The average molecular weight is 471 g/mol. The van der Waals surface area contributed by atoms with Gasteiger partial charge in [0.25, 0.3) is 0 Å². The van der Waals surface area contributed by atoms with E-state index in [0.717, 1.165) is 16.3 Å². The van der Waals surface area contributed by atoms with Gasteiger partial charge < -0.3 is 14.8 Å². The molecule has 0 atom stereocenters. The summed E-state index contributed by atoms with van der Waals surface area (Å²) in [4.78, 5) is 22.7. The number of benzene rings is 2. The highest BCUT2D eigenvalue weighted by Gasteiger charge is 2.10. The van der Waals surface area contributed by atoms with E-state index in [1.807, 2.05) is 36.4 Å². The van der Waals surface area contributed by atoms with Crippen molar-refractivity contribution in [2.24, 2.45) is 0 Å². The highest BCUT2D eigenvalue weighted by molar-refractivity contribution is 9.11. The van der Waals surface area contributed by atoms with Crippen LogP contribution in [0.2, 0.25) is 0 Å². The van der Waals surface area contributed by atoms with E-state index < -0.39 is 6.09 Å². The minimum absolute atomic E-state index is 0.234. The maximum Gasteiger partial charge on any atom is 0.407 e. The van der Waals surface area contributed by atoms with Crippen LogP contribution < -0.4 is 10.1 Å². The van der Waals surface area contributed by atoms with Crippen molar-refractivity contribution in [2.45, 2.75) is 13.0 Å². The number of amides is 1. The first-order valence-corrected chi connectivity index (χ1v) is 9.20. The molecule has 0 aliphatic carbocycles. The molecule has 132 valence electrons. The Morgan fingerprint density at radius 2 is 1.92 bits per heavy atom. The lowest BCUT2D eigenvalue weighted by atomic mass is 10.2. The summed E-state index contributed by atoms with van der Waals surface area (Å²) in [5, 5.41) is 2.66. The minimum atomic E-state index is -0.470. The number of hydrogen-bond acceptors (Lipinski definition) is 4. The second-order valence-corrected chi connectivity index (χ2v) is 6.88. The molecule has 2 aromatic carbocycles. The Kier molecular flexibility index (Phi) is 7.94. The van der Waals surface area contributed by atoms with Gasteiger partial charge in [-0.15, -0.1) is 0 Å². The second-order valence-electron chi connectivity index (χ2n) is 5.11. The Morgan fingerprint density at radius 3 is 2.64 bits per heavy atom. The molecule has 2 aromatic rings. The Bertz CT molecular complexity index is 723. The maximum atomic E-state index is 11.6. The van der Waals surface area contributed by atoms with Gasteiger partial charge in [-0.2, -0.15) is 0 Å². The molecular weight excluding hydrogens is 454 g/mol. The number of alkyl carbamates (subject to hydrolysis) is 1. The molecule has 1 amide bonds. The molecule has 7 heteroatoms. The molecule has 0 unspecified atom stereocenters. The van der Waals surface area contributed by atoms with E-state index in [1.54, 1.807) is 6.07 Å². The van der Waals surface area contributed by atoms with Crippen LogP contribution in [-0.2, 0) is 11.3 Å². The van der Waals surface area contributed by atoms with Gasteiger partial charge in [-0.3, -0.25) is 4.79 Å².